The van der Waals surface area contributed by atoms with E-state index in [1.54, 1.807) is 0 Å². The molecule has 0 spiro atoms. The molecule has 0 radical (unpaired) electrons. The molecule has 3 aromatic carbocycles. The van der Waals surface area contributed by atoms with Gasteiger partial charge in [0.15, 0.2) is 0 Å². The SMILES string of the molecule is CCN(CC)c1ccc(/C=C/C(/C=C/c2ccc(N(CC)CC)cc2)c2ccc(C)cc2)cc1. The van der Waals surface area contributed by atoms with Gasteiger partial charge in [-0.15, -0.1) is 0 Å². The summed E-state index contributed by atoms with van der Waals surface area (Å²) in [5.74, 6) is 0.213. The summed E-state index contributed by atoms with van der Waals surface area (Å²) >= 11 is 0. The van der Waals surface area contributed by atoms with Crippen molar-refractivity contribution in [3.8, 4) is 0 Å². The maximum Gasteiger partial charge on any atom is 0.0366 e. The molecule has 178 valence electrons. The molecule has 0 N–H and O–H groups in total. The summed E-state index contributed by atoms with van der Waals surface area (Å²) in [4.78, 5) is 4.74. The highest BCUT2D eigenvalue weighted by Gasteiger charge is 2.06. The highest BCUT2D eigenvalue weighted by Crippen LogP contribution is 2.24. The lowest BCUT2D eigenvalue weighted by Gasteiger charge is -2.21. The van der Waals surface area contributed by atoms with Crippen LogP contribution >= 0.6 is 0 Å². The van der Waals surface area contributed by atoms with Gasteiger partial charge in [-0.05, 0) is 75.6 Å². The van der Waals surface area contributed by atoms with Crippen molar-refractivity contribution in [3.05, 3.63) is 107 Å². The third-order valence-electron chi connectivity index (χ3n) is 6.50. The number of nitrogens with zero attached hydrogens (tertiary/aromatic N) is 2. The standard InChI is InChI=1S/C32H40N2/c1-6-33(7-2)31-22-14-27(15-23-31)12-20-30(29-18-10-26(5)11-19-29)21-13-28-16-24-32(25-17-28)34(8-3)9-4/h10-25,30H,6-9H2,1-5H3/b20-12+,21-13+. The Morgan fingerprint density at radius 2 is 0.941 bits per heavy atom. The summed E-state index contributed by atoms with van der Waals surface area (Å²) in [6.07, 6.45) is 9.09. The zero-order valence-electron chi connectivity index (χ0n) is 21.5. The van der Waals surface area contributed by atoms with Gasteiger partial charge in [-0.2, -0.15) is 0 Å². The van der Waals surface area contributed by atoms with Crippen LogP contribution < -0.4 is 9.80 Å². The first kappa shape index (κ1) is 25.4. The van der Waals surface area contributed by atoms with Gasteiger partial charge < -0.3 is 9.80 Å². The van der Waals surface area contributed by atoms with Crippen LogP contribution in [0.25, 0.3) is 12.2 Å². The van der Waals surface area contributed by atoms with Gasteiger partial charge in [0.25, 0.3) is 0 Å². The van der Waals surface area contributed by atoms with E-state index >= 15 is 0 Å². The summed E-state index contributed by atoms with van der Waals surface area (Å²) in [6, 6.07) is 26.6. The van der Waals surface area contributed by atoms with E-state index in [0.29, 0.717) is 0 Å². The Bertz CT molecular complexity index is 970. The first-order chi connectivity index (χ1) is 16.6. The van der Waals surface area contributed by atoms with E-state index in [0.717, 1.165) is 26.2 Å². The largest absolute Gasteiger partial charge is 0.372 e. The van der Waals surface area contributed by atoms with Gasteiger partial charge in [0, 0.05) is 43.5 Å². The molecule has 0 saturated heterocycles. The highest BCUT2D eigenvalue weighted by molar-refractivity contribution is 5.60. The monoisotopic (exact) mass is 452 g/mol. The van der Waals surface area contributed by atoms with E-state index in [9.17, 15) is 0 Å². The minimum absolute atomic E-state index is 0.213. The molecule has 0 heterocycles. The van der Waals surface area contributed by atoms with Crippen LogP contribution in [0.5, 0.6) is 0 Å². The van der Waals surface area contributed by atoms with E-state index < -0.39 is 0 Å². The second-order valence-electron chi connectivity index (χ2n) is 8.68. The quantitative estimate of drug-likeness (QED) is 0.289. The Labute approximate surface area is 207 Å². The van der Waals surface area contributed by atoms with E-state index in [1.165, 1.54) is 33.6 Å². The number of benzene rings is 3. The summed E-state index contributed by atoms with van der Waals surface area (Å²) in [6.45, 7) is 15.1. The van der Waals surface area contributed by atoms with Crippen molar-refractivity contribution in [2.45, 2.75) is 40.5 Å². The van der Waals surface area contributed by atoms with Crippen LogP contribution in [0.4, 0.5) is 11.4 Å². The number of allylic oxidation sites excluding steroid dienone is 2. The normalized spacial score (nSPS) is 11.6. The van der Waals surface area contributed by atoms with Crippen LogP contribution in [0.15, 0.2) is 84.9 Å². The van der Waals surface area contributed by atoms with Gasteiger partial charge in [0.2, 0.25) is 0 Å². The predicted octanol–water partition coefficient (Wildman–Crippen LogP) is 8.20. The molecule has 0 saturated carbocycles. The molecule has 0 aromatic heterocycles. The van der Waals surface area contributed by atoms with Crippen molar-refractivity contribution in [2.75, 3.05) is 36.0 Å². The molecule has 3 rings (SSSR count). The Kier molecular flexibility index (Phi) is 9.58. The van der Waals surface area contributed by atoms with Gasteiger partial charge >= 0.3 is 0 Å². The Balaban J connectivity index is 1.81. The molecule has 0 aliphatic carbocycles. The molecule has 2 nitrogen and oxygen atoms in total. The van der Waals surface area contributed by atoms with Gasteiger partial charge in [-0.1, -0.05) is 78.4 Å². The second-order valence-corrected chi connectivity index (χ2v) is 8.68. The van der Waals surface area contributed by atoms with Crippen molar-refractivity contribution in [1.82, 2.24) is 0 Å². The Morgan fingerprint density at radius 3 is 1.29 bits per heavy atom. The number of rotatable bonds is 11. The number of anilines is 2. The number of hydrogen-bond donors (Lipinski definition) is 0. The van der Waals surface area contributed by atoms with Crippen molar-refractivity contribution in [2.24, 2.45) is 0 Å². The predicted molar refractivity (Wildman–Crippen MR) is 152 cm³/mol. The van der Waals surface area contributed by atoms with Crippen LogP contribution in [0, 0.1) is 6.92 Å². The first-order valence-corrected chi connectivity index (χ1v) is 12.7. The summed E-state index contributed by atoms with van der Waals surface area (Å²) < 4.78 is 0. The molecule has 0 aliphatic rings. The van der Waals surface area contributed by atoms with E-state index in [1.807, 2.05) is 0 Å². The van der Waals surface area contributed by atoms with Crippen LogP contribution in [-0.2, 0) is 0 Å². The van der Waals surface area contributed by atoms with Crippen LogP contribution in [0.1, 0.15) is 55.9 Å². The van der Waals surface area contributed by atoms with Crippen LogP contribution in [-0.4, -0.2) is 26.2 Å². The Hall–Kier alpha value is -3.26. The minimum atomic E-state index is 0.213. The Morgan fingerprint density at radius 1 is 0.559 bits per heavy atom. The average molecular weight is 453 g/mol. The van der Waals surface area contributed by atoms with E-state index in [2.05, 4.69) is 142 Å². The smallest absolute Gasteiger partial charge is 0.0366 e. The van der Waals surface area contributed by atoms with Gasteiger partial charge in [-0.3, -0.25) is 0 Å². The number of aryl methyl sites for hydroxylation is 1. The molecule has 2 heteroatoms. The molecule has 0 amide bonds. The maximum absolute atomic E-state index is 2.37. The third kappa shape index (κ3) is 6.87. The van der Waals surface area contributed by atoms with Crippen LogP contribution in [0.2, 0.25) is 0 Å². The third-order valence-corrected chi connectivity index (χ3v) is 6.50. The molecular formula is C32H40N2. The van der Waals surface area contributed by atoms with E-state index in [-0.39, 0.29) is 5.92 Å². The van der Waals surface area contributed by atoms with Crippen LogP contribution in [0.3, 0.4) is 0 Å². The van der Waals surface area contributed by atoms with Crippen molar-refractivity contribution < 1.29 is 0 Å². The highest BCUT2D eigenvalue weighted by atomic mass is 15.1. The molecule has 0 aliphatic heterocycles. The zero-order valence-corrected chi connectivity index (χ0v) is 21.5. The molecule has 0 bridgehead atoms. The fourth-order valence-electron chi connectivity index (χ4n) is 4.27. The molecule has 0 fully saturated rings. The van der Waals surface area contributed by atoms with Gasteiger partial charge in [0.1, 0.15) is 0 Å². The van der Waals surface area contributed by atoms with Crippen molar-refractivity contribution in [3.63, 3.8) is 0 Å². The lowest BCUT2D eigenvalue weighted by molar-refractivity contribution is 0.866. The fraction of sp³-hybridized carbons (Fsp3) is 0.312. The molecular weight excluding hydrogens is 412 g/mol. The average Bonchev–Trinajstić information content (AvgIpc) is 2.88. The number of hydrogen-bond acceptors (Lipinski definition) is 2. The molecule has 0 atom stereocenters. The van der Waals surface area contributed by atoms with Gasteiger partial charge in [0.05, 0.1) is 0 Å². The lowest BCUT2D eigenvalue weighted by atomic mass is 9.95. The molecule has 3 aromatic rings. The molecule has 0 unspecified atom stereocenters. The minimum Gasteiger partial charge on any atom is -0.372 e. The lowest BCUT2D eigenvalue weighted by Crippen LogP contribution is -2.21. The van der Waals surface area contributed by atoms with Crippen molar-refractivity contribution >= 4 is 23.5 Å². The maximum atomic E-state index is 2.37. The van der Waals surface area contributed by atoms with E-state index in [4.69, 9.17) is 0 Å². The summed E-state index contributed by atoms with van der Waals surface area (Å²) in [5, 5.41) is 0. The fourth-order valence-corrected chi connectivity index (χ4v) is 4.27. The molecule has 34 heavy (non-hydrogen) atoms. The second kappa shape index (κ2) is 12.8. The van der Waals surface area contributed by atoms with Gasteiger partial charge in [-0.25, -0.2) is 0 Å². The summed E-state index contributed by atoms with van der Waals surface area (Å²) in [7, 11) is 0. The zero-order chi connectivity index (χ0) is 24.3. The van der Waals surface area contributed by atoms with Crippen molar-refractivity contribution in [1.29, 1.82) is 0 Å². The summed E-state index contributed by atoms with van der Waals surface area (Å²) in [5.41, 5.74) is 7.61. The first-order valence-electron chi connectivity index (χ1n) is 12.7. The topological polar surface area (TPSA) is 6.48 Å².